The van der Waals surface area contributed by atoms with E-state index in [9.17, 15) is 13.2 Å². The molecular weight excluding hydrogens is 432 g/mol. The highest BCUT2D eigenvalue weighted by Gasteiger charge is 2.32. The highest BCUT2D eigenvalue weighted by atomic mass is 32.2. The van der Waals surface area contributed by atoms with Gasteiger partial charge in [0.05, 0.1) is 22.8 Å². The van der Waals surface area contributed by atoms with Crippen LogP contribution in [0.1, 0.15) is 30.1 Å². The van der Waals surface area contributed by atoms with Crippen LogP contribution in [0.25, 0.3) is 11.4 Å². The Morgan fingerprint density at radius 3 is 2.50 bits per heavy atom. The predicted molar refractivity (Wildman–Crippen MR) is 118 cm³/mol. The number of ether oxygens (including phenoxy) is 1. The summed E-state index contributed by atoms with van der Waals surface area (Å²) in [7, 11) is -3.76. The summed E-state index contributed by atoms with van der Waals surface area (Å²) in [5, 5.41) is 6.72. The summed E-state index contributed by atoms with van der Waals surface area (Å²) in [4.78, 5) is 17.2. The molecule has 0 saturated carbocycles. The number of hydrogen-bond donors (Lipinski definition) is 1. The fraction of sp³-hybridized carbons (Fsp3) is 0.318. The summed E-state index contributed by atoms with van der Waals surface area (Å²) in [6, 6.07) is 13.1. The molecule has 1 N–H and O–H groups in total. The molecule has 2 aromatic carbocycles. The fourth-order valence-electron chi connectivity index (χ4n) is 3.66. The zero-order valence-corrected chi connectivity index (χ0v) is 18.8. The van der Waals surface area contributed by atoms with Gasteiger partial charge in [0.15, 0.2) is 0 Å². The van der Waals surface area contributed by atoms with Crippen LogP contribution in [0.5, 0.6) is 0 Å². The van der Waals surface area contributed by atoms with Gasteiger partial charge in [-0.3, -0.25) is 4.79 Å². The van der Waals surface area contributed by atoms with Crippen LogP contribution >= 0.6 is 0 Å². The van der Waals surface area contributed by atoms with Crippen molar-refractivity contribution in [2.45, 2.75) is 37.9 Å². The molecule has 0 bridgehead atoms. The first kappa shape index (κ1) is 22.1. The summed E-state index contributed by atoms with van der Waals surface area (Å²) in [5.74, 6) is 0.314. The summed E-state index contributed by atoms with van der Waals surface area (Å²) in [6.07, 6.45) is -0.407. The molecule has 0 radical (unpaired) electrons. The Labute approximate surface area is 186 Å². The van der Waals surface area contributed by atoms with Crippen molar-refractivity contribution >= 4 is 21.6 Å². The zero-order chi connectivity index (χ0) is 22.9. The molecule has 168 valence electrons. The first-order chi connectivity index (χ1) is 15.2. The van der Waals surface area contributed by atoms with Crippen molar-refractivity contribution < 1.29 is 22.5 Å². The van der Waals surface area contributed by atoms with Gasteiger partial charge in [0, 0.05) is 31.1 Å². The van der Waals surface area contributed by atoms with Crippen LogP contribution in [0.4, 0.5) is 5.69 Å². The van der Waals surface area contributed by atoms with E-state index in [4.69, 9.17) is 9.26 Å². The van der Waals surface area contributed by atoms with Gasteiger partial charge in [-0.2, -0.15) is 9.29 Å². The number of benzene rings is 2. The van der Waals surface area contributed by atoms with Crippen LogP contribution in [-0.2, 0) is 14.8 Å². The monoisotopic (exact) mass is 456 g/mol. The largest absolute Gasteiger partial charge is 0.373 e. The van der Waals surface area contributed by atoms with Gasteiger partial charge in [-0.15, -0.1) is 0 Å². The van der Waals surface area contributed by atoms with Gasteiger partial charge in [0.25, 0.3) is 5.91 Å². The number of nitrogens with one attached hydrogen (secondary N) is 1. The van der Waals surface area contributed by atoms with E-state index in [1.807, 2.05) is 13.8 Å². The standard InChI is InChI=1S/C22H24N4O5S/c1-14-12-26(13-15(2)30-14)32(28,29)18-8-6-7-17(11-18)22(27)24-20-10-5-4-9-19(20)21-23-16(3)31-25-21/h4-11,14-15H,12-13H2,1-3H3,(H,24,27). The van der Waals surface area contributed by atoms with Crippen LogP contribution in [0.15, 0.2) is 57.9 Å². The molecule has 0 spiro atoms. The number of para-hydroxylation sites is 1. The number of sulfonamides is 1. The van der Waals surface area contributed by atoms with Gasteiger partial charge < -0.3 is 14.6 Å². The van der Waals surface area contributed by atoms with Gasteiger partial charge >= 0.3 is 0 Å². The van der Waals surface area contributed by atoms with Crippen molar-refractivity contribution in [2.75, 3.05) is 18.4 Å². The SMILES string of the molecule is Cc1nc(-c2ccccc2NC(=O)c2cccc(S(=O)(=O)N3CC(C)OC(C)C3)c2)no1. The number of amides is 1. The molecule has 1 amide bonds. The Balaban J connectivity index is 1.59. The number of anilines is 1. The molecule has 1 aliphatic heterocycles. The van der Waals surface area contributed by atoms with Gasteiger partial charge in [0.2, 0.25) is 21.7 Å². The lowest BCUT2D eigenvalue weighted by molar-refractivity contribution is -0.0440. The molecule has 2 atom stereocenters. The van der Waals surface area contributed by atoms with E-state index in [1.165, 1.54) is 16.4 Å². The molecular formula is C22H24N4O5S. The lowest BCUT2D eigenvalue weighted by Crippen LogP contribution is -2.48. The van der Waals surface area contributed by atoms with Gasteiger partial charge in [-0.05, 0) is 44.2 Å². The lowest BCUT2D eigenvalue weighted by atomic mass is 10.1. The normalized spacial score (nSPS) is 19.6. The van der Waals surface area contributed by atoms with Crippen LogP contribution in [-0.4, -0.2) is 54.1 Å². The highest BCUT2D eigenvalue weighted by molar-refractivity contribution is 7.89. The third-order valence-corrected chi connectivity index (χ3v) is 6.89. The molecule has 1 aliphatic rings. The lowest BCUT2D eigenvalue weighted by Gasteiger charge is -2.34. The van der Waals surface area contributed by atoms with Gasteiger partial charge in [0.1, 0.15) is 0 Å². The third kappa shape index (κ3) is 4.57. The fourth-order valence-corrected chi connectivity index (χ4v) is 5.30. The average Bonchev–Trinajstić information content (AvgIpc) is 3.19. The number of hydrogen-bond acceptors (Lipinski definition) is 7. The smallest absolute Gasteiger partial charge is 0.255 e. The Morgan fingerprint density at radius 1 is 1.09 bits per heavy atom. The van der Waals surface area contributed by atoms with Crippen LogP contribution < -0.4 is 5.32 Å². The Kier molecular flexibility index (Phi) is 6.09. The Morgan fingerprint density at radius 2 is 1.81 bits per heavy atom. The van der Waals surface area contributed by atoms with Crippen molar-refractivity contribution in [3.8, 4) is 11.4 Å². The van der Waals surface area contributed by atoms with Gasteiger partial charge in [-0.1, -0.05) is 23.4 Å². The first-order valence-electron chi connectivity index (χ1n) is 10.2. The second kappa shape index (κ2) is 8.81. The van der Waals surface area contributed by atoms with Crippen molar-refractivity contribution in [2.24, 2.45) is 0 Å². The van der Waals surface area contributed by atoms with E-state index in [2.05, 4.69) is 15.5 Å². The maximum atomic E-state index is 13.2. The topological polar surface area (TPSA) is 115 Å². The number of morpholine rings is 1. The van der Waals surface area contributed by atoms with E-state index in [0.29, 0.717) is 23.0 Å². The minimum Gasteiger partial charge on any atom is -0.373 e. The Bertz CT molecular complexity index is 1230. The Hall–Kier alpha value is -3.08. The van der Waals surface area contributed by atoms with Crippen LogP contribution in [0.3, 0.4) is 0 Å². The van der Waals surface area contributed by atoms with Crippen LogP contribution in [0.2, 0.25) is 0 Å². The molecule has 1 saturated heterocycles. The average molecular weight is 457 g/mol. The summed E-state index contributed by atoms with van der Waals surface area (Å²) in [5.41, 5.74) is 1.31. The maximum absolute atomic E-state index is 13.2. The third-order valence-electron chi connectivity index (χ3n) is 5.06. The number of rotatable bonds is 5. The molecule has 10 heteroatoms. The molecule has 9 nitrogen and oxygen atoms in total. The zero-order valence-electron chi connectivity index (χ0n) is 18.0. The van der Waals surface area contributed by atoms with Crippen molar-refractivity contribution in [3.05, 3.63) is 60.0 Å². The van der Waals surface area contributed by atoms with E-state index < -0.39 is 15.9 Å². The molecule has 2 heterocycles. The molecule has 1 aromatic heterocycles. The quantitative estimate of drug-likeness (QED) is 0.627. The number of nitrogens with zero attached hydrogens (tertiary/aromatic N) is 3. The van der Waals surface area contributed by atoms with E-state index in [-0.39, 0.29) is 35.8 Å². The molecule has 32 heavy (non-hydrogen) atoms. The second-order valence-corrected chi connectivity index (χ2v) is 9.68. The van der Waals surface area contributed by atoms with Crippen molar-refractivity contribution in [1.82, 2.24) is 14.4 Å². The second-order valence-electron chi connectivity index (χ2n) is 7.74. The van der Waals surface area contributed by atoms with E-state index in [1.54, 1.807) is 43.3 Å². The molecule has 4 rings (SSSR count). The first-order valence-corrected chi connectivity index (χ1v) is 11.6. The van der Waals surface area contributed by atoms with E-state index in [0.717, 1.165) is 0 Å². The summed E-state index contributed by atoms with van der Waals surface area (Å²) >= 11 is 0. The van der Waals surface area contributed by atoms with Crippen LogP contribution in [0, 0.1) is 6.92 Å². The number of aryl methyl sites for hydroxylation is 1. The number of carbonyl (C=O) groups excluding carboxylic acids is 1. The maximum Gasteiger partial charge on any atom is 0.255 e. The minimum atomic E-state index is -3.76. The predicted octanol–water partition coefficient (Wildman–Crippen LogP) is 3.10. The summed E-state index contributed by atoms with van der Waals surface area (Å²) < 4.78 is 38.4. The molecule has 1 fully saturated rings. The number of carbonyl (C=O) groups is 1. The highest BCUT2D eigenvalue weighted by Crippen LogP contribution is 2.27. The molecule has 2 unspecified atom stereocenters. The summed E-state index contributed by atoms with van der Waals surface area (Å²) in [6.45, 7) is 5.89. The van der Waals surface area contributed by atoms with Gasteiger partial charge in [-0.25, -0.2) is 8.42 Å². The van der Waals surface area contributed by atoms with Crippen molar-refractivity contribution in [1.29, 1.82) is 0 Å². The van der Waals surface area contributed by atoms with Crippen molar-refractivity contribution in [3.63, 3.8) is 0 Å². The molecule has 3 aromatic rings. The number of aromatic nitrogens is 2. The van der Waals surface area contributed by atoms with E-state index >= 15 is 0 Å². The minimum absolute atomic E-state index is 0.0635. The molecule has 0 aliphatic carbocycles.